The molecule has 0 saturated carbocycles. The maximum atomic E-state index is 10.5. The summed E-state index contributed by atoms with van der Waals surface area (Å²) in [5.74, 6) is 1.19. The van der Waals surface area contributed by atoms with Gasteiger partial charge in [0.1, 0.15) is 0 Å². The predicted octanol–water partition coefficient (Wildman–Crippen LogP) is 2.28. The SMILES string of the molecule is CCc1cc(CC(O)c2cccc(OC)c2OC)n(C)n1. The topological polar surface area (TPSA) is 56.5 Å². The molecule has 0 aliphatic rings. The van der Waals surface area contributed by atoms with Crippen LogP contribution in [0.1, 0.15) is 30.0 Å². The molecular weight excluding hydrogens is 268 g/mol. The minimum atomic E-state index is -0.671. The van der Waals surface area contributed by atoms with E-state index in [1.807, 2.05) is 36.0 Å². The molecule has 0 amide bonds. The highest BCUT2D eigenvalue weighted by Gasteiger charge is 2.19. The molecule has 1 heterocycles. The van der Waals surface area contributed by atoms with Crippen molar-refractivity contribution in [3.8, 4) is 11.5 Å². The first-order valence-electron chi connectivity index (χ1n) is 7.01. The summed E-state index contributed by atoms with van der Waals surface area (Å²) in [4.78, 5) is 0. The van der Waals surface area contributed by atoms with Crippen molar-refractivity contribution in [1.29, 1.82) is 0 Å². The van der Waals surface area contributed by atoms with E-state index in [1.54, 1.807) is 14.2 Å². The van der Waals surface area contributed by atoms with Gasteiger partial charge in [-0.1, -0.05) is 19.1 Å². The van der Waals surface area contributed by atoms with Crippen molar-refractivity contribution in [3.05, 3.63) is 41.2 Å². The molecule has 0 fully saturated rings. The zero-order valence-corrected chi connectivity index (χ0v) is 13.0. The van der Waals surface area contributed by atoms with Crippen molar-refractivity contribution >= 4 is 0 Å². The lowest BCUT2D eigenvalue weighted by molar-refractivity contribution is 0.170. The van der Waals surface area contributed by atoms with Crippen molar-refractivity contribution in [2.45, 2.75) is 25.9 Å². The lowest BCUT2D eigenvalue weighted by Crippen LogP contribution is -2.08. The molecule has 1 aromatic heterocycles. The Morgan fingerprint density at radius 1 is 1.29 bits per heavy atom. The number of para-hydroxylation sites is 1. The van der Waals surface area contributed by atoms with Gasteiger partial charge in [-0.05, 0) is 18.6 Å². The maximum absolute atomic E-state index is 10.5. The van der Waals surface area contributed by atoms with Crippen LogP contribution in [0.3, 0.4) is 0 Å². The van der Waals surface area contributed by atoms with Gasteiger partial charge in [-0.15, -0.1) is 0 Å². The molecule has 0 aliphatic carbocycles. The van der Waals surface area contributed by atoms with E-state index < -0.39 is 6.10 Å². The summed E-state index contributed by atoms with van der Waals surface area (Å²) >= 11 is 0. The van der Waals surface area contributed by atoms with Crippen molar-refractivity contribution in [2.24, 2.45) is 7.05 Å². The molecule has 0 radical (unpaired) electrons. The van der Waals surface area contributed by atoms with Crippen LogP contribution in [-0.4, -0.2) is 29.1 Å². The molecule has 1 unspecified atom stereocenters. The van der Waals surface area contributed by atoms with Gasteiger partial charge in [0.25, 0.3) is 0 Å². The lowest BCUT2D eigenvalue weighted by atomic mass is 10.0. The number of benzene rings is 1. The zero-order chi connectivity index (χ0) is 15.4. The van der Waals surface area contributed by atoms with Crippen LogP contribution in [0.25, 0.3) is 0 Å². The Kier molecular flexibility index (Phi) is 4.85. The molecule has 2 aromatic rings. The molecule has 114 valence electrons. The van der Waals surface area contributed by atoms with E-state index in [-0.39, 0.29) is 0 Å². The molecule has 5 heteroatoms. The minimum Gasteiger partial charge on any atom is -0.493 e. The monoisotopic (exact) mass is 290 g/mol. The van der Waals surface area contributed by atoms with Crippen LogP contribution in [0, 0.1) is 0 Å². The number of hydrogen-bond donors (Lipinski definition) is 1. The number of aliphatic hydroxyl groups excluding tert-OH is 1. The summed E-state index contributed by atoms with van der Waals surface area (Å²) in [5, 5.41) is 14.9. The molecule has 2 rings (SSSR count). The minimum absolute atomic E-state index is 0.479. The first kappa shape index (κ1) is 15.4. The number of nitrogens with zero attached hydrogens (tertiary/aromatic N) is 2. The Morgan fingerprint density at radius 3 is 2.62 bits per heavy atom. The second-order valence-corrected chi connectivity index (χ2v) is 4.91. The number of hydrogen-bond acceptors (Lipinski definition) is 4. The molecule has 1 aromatic carbocycles. The fourth-order valence-corrected chi connectivity index (χ4v) is 2.42. The Bertz CT molecular complexity index is 608. The smallest absolute Gasteiger partial charge is 0.166 e. The van der Waals surface area contributed by atoms with E-state index in [1.165, 1.54) is 0 Å². The Labute approximate surface area is 125 Å². The third kappa shape index (κ3) is 3.19. The van der Waals surface area contributed by atoms with Crippen molar-refractivity contribution in [2.75, 3.05) is 14.2 Å². The second-order valence-electron chi connectivity index (χ2n) is 4.91. The zero-order valence-electron chi connectivity index (χ0n) is 13.0. The highest BCUT2D eigenvalue weighted by atomic mass is 16.5. The quantitative estimate of drug-likeness (QED) is 0.886. The maximum Gasteiger partial charge on any atom is 0.166 e. The molecule has 1 N–H and O–H groups in total. The fraction of sp³-hybridized carbons (Fsp3) is 0.438. The summed E-state index contributed by atoms with van der Waals surface area (Å²) in [5.41, 5.74) is 2.73. The summed E-state index contributed by atoms with van der Waals surface area (Å²) in [6, 6.07) is 7.54. The summed E-state index contributed by atoms with van der Waals surface area (Å²) in [7, 11) is 5.06. The first-order chi connectivity index (χ1) is 10.1. The molecule has 0 aliphatic heterocycles. The fourth-order valence-electron chi connectivity index (χ4n) is 2.42. The number of methoxy groups -OCH3 is 2. The molecule has 0 spiro atoms. The average molecular weight is 290 g/mol. The van der Waals surface area contributed by atoms with E-state index >= 15 is 0 Å². The van der Waals surface area contributed by atoms with Gasteiger partial charge in [0.15, 0.2) is 11.5 Å². The van der Waals surface area contributed by atoms with Crippen molar-refractivity contribution in [3.63, 3.8) is 0 Å². The summed E-state index contributed by atoms with van der Waals surface area (Å²) < 4.78 is 12.5. The second kappa shape index (κ2) is 6.63. The van der Waals surface area contributed by atoms with Gasteiger partial charge in [0.2, 0.25) is 0 Å². The van der Waals surface area contributed by atoms with Gasteiger partial charge in [-0.3, -0.25) is 4.68 Å². The van der Waals surface area contributed by atoms with Gasteiger partial charge in [-0.25, -0.2) is 0 Å². The summed E-state index contributed by atoms with van der Waals surface area (Å²) in [6.45, 7) is 2.06. The number of aromatic nitrogens is 2. The Hall–Kier alpha value is -2.01. The van der Waals surface area contributed by atoms with E-state index in [4.69, 9.17) is 9.47 Å². The Morgan fingerprint density at radius 2 is 2.05 bits per heavy atom. The molecular formula is C16H22N2O3. The number of ether oxygens (including phenoxy) is 2. The van der Waals surface area contributed by atoms with E-state index in [0.29, 0.717) is 17.9 Å². The van der Waals surface area contributed by atoms with Crippen LogP contribution in [0.15, 0.2) is 24.3 Å². The van der Waals surface area contributed by atoms with Crippen LogP contribution in [0.5, 0.6) is 11.5 Å². The predicted molar refractivity (Wildman–Crippen MR) is 80.8 cm³/mol. The third-order valence-corrected chi connectivity index (χ3v) is 3.58. The van der Waals surface area contributed by atoms with E-state index in [9.17, 15) is 5.11 Å². The molecule has 1 atom stereocenters. The number of aryl methyl sites for hydroxylation is 2. The van der Waals surface area contributed by atoms with Gasteiger partial charge < -0.3 is 14.6 Å². The highest BCUT2D eigenvalue weighted by molar-refractivity contribution is 5.47. The molecule has 5 nitrogen and oxygen atoms in total. The normalized spacial score (nSPS) is 12.2. The first-order valence-corrected chi connectivity index (χ1v) is 7.01. The number of rotatable bonds is 6. The van der Waals surface area contributed by atoms with Crippen LogP contribution in [0.4, 0.5) is 0 Å². The molecule has 0 saturated heterocycles. The van der Waals surface area contributed by atoms with Crippen LogP contribution in [-0.2, 0) is 19.9 Å². The van der Waals surface area contributed by atoms with Crippen molar-refractivity contribution in [1.82, 2.24) is 9.78 Å². The van der Waals surface area contributed by atoms with Gasteiger partial charge in [-0.2, -0.15) is 5.10 Å². The third-order valence-electron chi connectivity index (χ3n) is 3.58. The van der Waals surface area contributed by atoms with Crippen molar-refractivity contribution < 1.29 is 14.6 Å². The van der Waals surface area contributed by atoms with Gasteiger partial charge >= 0.3 is 0 Å². The lowest BCUT2D eigenvalue weighted by Gasteiger charge is -2.17. The summed E-state index contributed by atoms with van der Waals surface area (Å²) in [6.07, 6.45) is 0.689. The largest absolute Gasteiger partial charge is 0.493 e. The van der Waals surface area contributed by atoms with Gasteiger partial charge in [0, 0.05) is 24.7 Å². The number of aliphatic hydroxyl groups is 1. The standard InChI is InChI=1S/C16H22N2O3/c1-5-11-9-12(18(2)17-11)10-14(19)13-7-6-8-15(20-3)16(13)21-4/h6-9,14,19H,5,10H2,1-4H3. The average Bonchev–Trinajstić information content (AvgIpc) is 2.86. The highest BCUT2D eigenvalue weighted by Crippen LogP contribution is 2.35. The van der Waals surface area contributed by atoms with Crippen LogP contribution < -0.4 is 9.47 Å². The van der Waals surface area contributed by atoms with Gasteiger partial charge in [0.05, 0.1) is 26.0 Å². The van der Waals surface area contributed by atoms with Crippen LogP contribution >= 0.6 is 0 Å². The molecule has 21 heavy (non-hydrogen) atoms. The van der Waals surface area contributed by atoms with E-state index in [0.717, 1.165) is 23.4 Å². The van der Waals surface area contributed by atoms with E-state index in [2.05, 4.69) is 12.0 Å². The van der Waals surface area contributed by atoms with Crippen LogP contribution in [0.2, 0.25) is 0 Å². The molecule has 0 bridgehead atoms. The Balaban J connectivity index is 2.27.